The van der Waals surface area contributed by atoms with Crippen LogP contribution < -0.4 is 4.74 Å². The molecule has 1 aromatic heterocycles. The number of aryl methyl sites for hydroxylation is 2. The van der Waals surface area contributed by atoms with Crippen LogP contribution in [0.1, 0.15) is 33.5 Å². The van der Waals surface area contributed by atoms with Crippen molar-refractivity contribution in [2.45, 2.75) is 26.3 Å². The average Bonchev–Trinajstić information content (AvgIpc) is 3.18. The normalized spacial score (nSPS) is 15.0. The Balaban J connectivity index is 1.47. The van der Waals surface area contributed by atoms with Crippen molar-refractivity contribution in [1.29, 1.82) is 0 Å². The molecule has 4 heteroatoms. The van der Waals surface area contributed by atoms with Gasteiger partial charge in [0.05, 0.1) is 12.9 Å². The zero-order valence-electron chi connectivity index (χ0n) is 15.4. The molecule has 0 saturated heterocycles. The van der Waals surface area contributed by atoms with Gasteiger partial charge in [-0.15, -0.1) is 0 Å². The van der Waals surface area contributed by atoms with Gasteiger partial charge in [-0.05, 0) is 55.2 Å². The van der Waals surface area contributed by atoms with Gasteiger partial charge in [0, 0.05) is 23.5 Å². The van der Waals surface area contributed by atoms with Gasteiger partial charge in [0.15, 0.2) is 5.78 Å². The van der Waals surface area contributed by atoms with Crippen molar-refractivity contribution in [3.8, 4) is 5.75 Å². The first kappa shape index (κ1) is 17.3. The summed E-state index contributed by atoms with van der Waals surface area (Å²) in [5, 5.41) is 0. The van der Waals surface area contributed by atoms with Gasteiger partial charge in [-0.25, -0.2) is 4.98 Å². The lowest BCUT2D eigenvalue weighted by Gasteiger charge is -2.19. The summed E-state index contributed by atoms with van der Waals surface area (Å²) in [6, 6.07) is 14.0. The highest BCUT2D eigenvalue weighted by atomic mass is 16.5. The number of hydrogen-bond donors (Lipinski definition) is 0. The molecule has 1 aliphatic rings. The quantitative estimate of drug-likeness (QED) is 0.632. The molecule has 4 rings (SSSR count). The van der Waals surface area contributed by atoms with Crippen molar-refractivity contribution in [2.75, 3.05) is 6.61 Å². The molecule has 27 heavy (non-hydrogen) atoms. The van der Waals surface area contributed by atoms with Gasteiger partial charge in [0.1, 0.15) is 12.4 Å². The summed E-state index contributed by atoms with van der Waals surface area (Å²) in [5.74, 6) is 0.940. The standard InChI is InChI=1S/C23H22N2O2/c1-17-3-2-4-18(13-17)14-20-6-5-19-15-21(7-8-22(19)23(20)26)27-12-11-25-10-9-24-16-25/h2-4,7-10,13-16H,5-6,11-12H2,1H3/b20-14+. The Morgan fingerprint density at radius 2 is 2.11 bits per heavy atom. The van der Waals surface area contributed by atoms with Crippen LogP contribution in [0.25, 0.3) is 6.08 Å². The monoisotopic (exact) mass is 358 g/mol. The summed E-state index contributed by atoms with van der Waals surface area (Å²) in [6.07, 6.45) is 9.09. The van der Waals surface area contributed by atoms with E-state index in [1.54, 1.807) is 12.5 Å². The van der Waals surface area contributed by atoms with Crippen LogP contribution in [0, 0.1) is 6.92 Å². The topological polar surface area (TPSA) is 44.1 Å². The Morgan fingerprint density at radius 1 is 1.19 bits per heavy atom. The van der Waals surface area contributed by atoms with E-state index in [1.165, 1.54) is 5.56 Å². The van der Waals surface area contributed by atoms with E-state index >= 15 is 0 Å². The van der Waals surface area contributed by atoms with E-state index in [4.69, 9.17) is 4.74 Å². The van der Waals surface area contributed by atoms with Crippen LogP contribution in [-0.2, 0) is 13.0 Å². The number of Topliss-reactive ketones (excluding diaryl/α,β-unsaturated/α-hetero) is 1. The van der Waals surface area contributed by atoms with Crippen LogP contribution in [-0.4, -0.2) is 21.9 Å². The van der Waals surface area contributed by atoms with E-state index in [0.717, 1.165) is 47.4 Å². The molecule has 2 aromatic carbocycles. The largest absolute Gasteiger partial charge is 0.492 e. The maximum Gasteiger partial charge on any atom is 0.189 e. The van der Waals surface area contributed by atoms with E-state index in [2.05, 4.69) is 24.0 Å². The van der Waals surface area contributed by atoms with E-state index in [1.807, 2.05) is 47.2 Å². The molecule has 0 fully saturated rings. The van der Waals surface area contributed by atoms with Gasteiger partial charge < -0.3 is 9.30 Å². The Morgan fingerprint density at radius 3 is 2.93 bits per heavy atom. The molecule has 0 unspecified atom stereocenters. The number of hydrogen-bond acceptors (Lipinski definition) is 3. The Kier molecular flexibility index (Phi) is 4.88. The first-order valence-corrected chi connectivity index (χ1v) is 9.22. The number of carbonyl (C=O) groups excluding carboxylic acids is 1. The minimum Gasteiger partial charge on any atom is -0.492 e. The molecule has 0 saturated carbocycles. The molecule has 1 aliphatic carbocycles. The van der Waals surface area contributed by atoms with E-state index in [-0.39, 0.29) is 5.78 Å². The summed E-state index contributed by atoms with van der Waals surface area (Å²) >= 11 is 0. The number of nitrogens with zero attached hydrogens (tertiary/aromatic N) is 2. The minimum absolute atomic E-state index is 0.128. The molecule has 4 nitrogen and oxygen atoms in total. The van der Waals surface area contributed by atoms with Crippen molar-refractivity contribution in [3.05, 3.63) is 89.0 Å². The second-order valence-corrected chi connectivity index (χ2v) is 6.88. The third-order valence-electron chi connectivity index (χ3n) is 4.84. The van der Waals surface area contributed by atoms with E-state index < -0.39 is 0 Å². The van der Waals surface area contributed by atoms with Crippen LogP contribution in [0.15, 0.2) is 66.8 Å². The zero-order valence-corrected chi connectivity index (χ0v) is 15.4. The Hall–Kier alpha value is -3.14. The highest BCUT2D eigenvalue weighted by Gasteiger charge is 2.22. The molecule has 0 spiro atoms. The number of allylic oxidation sites excluding steroid dienone is 1. The first-order valence-electron chi connectivity index (χ1n) is 9.22. The van der Waals surface area contributed by atoms with Gasteiger partial charge >= 0.3 is 0 Å². The Labute approximate surface area is 159 Å². The molecular formula is C23H22N2O2. The molecule has 0 bridgehead atoms. The van der Waals surface area contributed by atoms with E-state index in [9.17, 15) is 4.79 Å². The summed E-state index contributed by atoms with van der Waals surface area (Å²) in [6.45, 7) is 3.38. The van der Waals surface area contributed by atoms with Crippen LogP contribution in [0.2, 0.25) is 0 Å². The lowest BCUT2D eigenvalue weighted by atomic mass is 9.86. The van der Waals surface area contributed by atoms with Crippen LogP contribution in [0.3, 0.4) is 0 Å². The molecule has 0 aliphatic heterocycles. The predicted octanol–water partition coefficient (Wildman–Crippen LogP) is 4.48. The van der Waals surface area contributed by atoms with Crippen molar-refractivity contribution < 1.29 is 9.53 Å². The predicted molar refractivity (Wildman–Crippen MR) is 106 cm³/mol. The summed E-state index contributed by atoms with van der Waals surface area (Å²) in [4.78, 5) is 16.9. The molecule has 3 aromatic rings. The smallest absolute Gasteiger partial charge is 0.189 e. The summed E-state index contributed by atoms with van der Waals surface area (Å²) in [7, 11) is 0. The number of rotatable bonds is 5. The third-order valence-corrected chi connectivity index (χ3v) is 4.84. The minimum atomic E-state index is 0.128. The maximum absolute atomic E-state index is 12.9. The van der Waals surface area contributed by atoms with Gasteiger partial charge in [-0.2, -0.15) is 0 Å². The number of imidazole rings is 1. The lowest BCUT2D eigenvalue weighted by molar-refractivity contribution is 0.102. The number of fused-ring (bicyclic) bond motifs is 1. The van der Waals surface area contributed by atoms with Crippen molar-refractivity contribution in [1.82, 2.24) is 9.55 Å². The molecule has 0 atom stereocenters. The maximum atomic E-state index is 12.9. The van der Waals surface area contributed by atoms with Crippen LogP contribution >= 0.6 is 0 Å². The summed E-state index contributed by atoms with van der Waals surface area (Å²) in [5.41, 5.74) is 5.03. The number of ketones is 1. The highest BCUT2D eigenvalue weighted by molar-refractivity contribution is 6.13. The molecule has 136 valence electrons. The second-order valence-electron chi connectivity index (χ2n) is 6.88. The summed E-state index contributed by atoms with van der Waals surface area (Å²) < 4.78 is 7.82. The fraction of sp³-hybridized carbons (Fsp3) is 0.217. The van der Waals surface area contributed by atoms with Crippen LogP contribution in [0.4, 0.5) is 0 Å². The molecule has 0 N–H and O–H groups in total. The molecule has 0 radical (unpaired) electrons. The lowest BCUT2D eigenvalue weighted by Crippen LogP contribution is -2.14. The Bertz CT molecular complexity index is 987. The fourth-order valence-electron chi connectivity index (χ4n) is 3.43. The van der Waals surface area contributed by atoms with Crippen molar-refractivity contribution in [2.24, 2.45) is 0 Å². The zero-order chi connectivity index (χ0) is 18.6. The third kappa shape index (κ3) is 4.00. The fourth-order valence-corrected chi connectivity index (χ4v) is 3.43. The van der Waals surface area contributed by atoms with Gasteiger partial charge in [0.2, 0.25) is 0 Å². The van der Waals surface area contributed by atoms with Gasteiger partial charge in [-0.1, -0.05) is 29.8 Å². The first-order chi connectivity index (χ1) is 13.2. The van der Waals surface area contributed by atoms with E-state index in [0.29, 0.717) is 6.61 Å². The van der Waals surface area contributed by atoms with Crippen molar-refractivity contribution >= 4 is 11.9 Å². The second kappa shape index (κ2) is 7.62. The average molecular weight is 358 g/mol. The number of aromatic nitrogens is 2. The SMILES string of the molecule is Cc1cccc(/C=C2\CCc3cc(OCCn4ccnc4)ccc3C2=O)c1. The number of ether oxygens (including phenoxy) is 1. The number of benzene rings is 2. The molecule has 0 amide bonds. The molecular weight excluding hydrogens is 336 g/mol. The van der Waals surface area contributed by atoms with Gasteiger partial charge in [-0.3, -0.25) is 4.79 Å². The highest BCUT2D eigenvalue weighted by Crippen LogP contribution is 2.29. The van der Waals surface area contributed by atoms with Gasteiger partial charge in [0.25, 0.3) is 0 Å². The number of carbonyl (C=O) groups is 1. The van der Waals surface area contributed by atoms with Crippen LogP contribution in [0.5, 0.6) is 5.75 Å². The van der Waals surface area contributed by atoms with Crippen molar-refractivity contribution in [3.63, 3.8) is 0 Å². The molecule has 1 heterocycles.